The van der Waals surface area contributed by atoms with Gasteiger partial charge in [0.05, 0.1) is 0 Å². The minimum atomic E-state index is -2.39. The Morgan fingerprint density at radius 3 is 1.55 bits per heavy atom. The van der Waals surface area contributed by atoms with Gasteiger partial charge in [-0.25, -0.2) is 13.2 Å². The van der Waals surface area contributed by atoms with Crippen molar-refractivity contribution < 1.29 is 41.1 Å². The summed E-state index contributed by atoms with van der Waals surface area (Å²) in [6.07, 6.45) is 14.0. The summed E-state index contributed by atoms with van der Waals surface area (Å²) >= 11 is 0. The van der Waals surface area contributed by atoms with E-state index in [2.05, 4.69) is 17.0 Å². The van der Waals surface area contributed by atoms with Gasteiger partial charge < -0.3 is 15.8 Å². The fourth-order valence-corrected chi connectivity index (χ4v) is 3.96. The maximum absolute atomic E-state index is 13.6. The molecular weight excluding hydrogens is 511 g/mol. The molecule has 216 valence electrons. The van der Waals surface area contributed by atoms with Gasteiger partial charge in [-0.05, 0) is 12.8 Å². The van der Waals surface area contributed by atoms with Gasteiger partial charge in [0.25, 0.3) is 0 Å². The third kappa shape index (κ3) is 12.2. The van der Waals surface area contributed by atoms with Gasteiger partial charge in [0.1, 0.15) is 6.04 Å². The number of nitrogens with one attached hydrogen (secondary N) is 1. The van der Waals surface area contributed by atoms with Crippen LogP contribution in [0.25, 0.3) is 0 Å². The van der Waals surface area contributed by atoms with Crippen LogP contribution >= 0.6 is 0 Å². The lowest BCUT2D eigenvalue weighted by Crippen LogP contribution is -2.44. The summed E-state index contributed by atoms with van der Waals surface area (Å²) < 4.78 is 71.1. The van der Waals surface area contributed by atoms with Crippen LogP contribution in [-0.2, 0) is 14.4 Å². The van der Waals surface area contributed by atoms with Crippen LogP contribution in [0.2, 0.25) is 0 Å². The average Bonchev–Trinajstić information content (AvgIpc) is 2.89. The van der Waals surface area contributed by atoms with Crippen LogP contribution < -0.4 is 15.8 Å². The number of hydrogen-bond donors (Lipinski definition) is 2. The van der Waals surface area contributed by atoms with E-state index in [9.17, 15) is 36.3 Å². The second-order valence-electron chi connectivity index (χ2n) is 9.43. The fraction of sp³-hybridized carbons (Fsp3) is 0.667. The number of primary amides is 1. The molecule has 0 spiro atoms. The summed E-state index contributed by atoms with van der Waals surface area (Å²) in [6.45, 7) is 2.21. The summed E-state index contributed by atoms with van der Waals surface area (Å²) in [5.41, 5.74) is 5.24. The smallest absolute Gasteiger partial charge is 0.311 e. The van der Waals surface area contributed by atoms with Gasteiger partial charge in [-0.1, -0.05) is 84.0 Å². The molecule has 0 bridgehead atoms. The van der Waals surface area contributed by atoms with Gasteiger partial charge in [-0.15, -0.1) is 0 Å². The maximum Gasteiger partial charge on any atom is 0.311 e. The first-order chi connectivity index (χ1) is 18.1. The molecule has 38 heavy (non-hydrogen) atoms. The minimum absolute atomic E-state index is 0.149. The molecule has 0 unspecified atom stereocenters. The Labute approximate surface area is 220 Å². The van der Waals surface area contributed by atoms with Crippen molar-refractivity contribution in [3.05, 3.63) is 29.1 Å². The number of esters is 1. The molecule has 6 nitrogen and oxygen atoms in total. The van der Waals surface area contributed by atoms with E-state index in [1.54, 1.807) is 0 Å². The molecule has 0 saturated heterocycles. The van der Waals surface area contributed by atoms with Crippen molar-refractivity contribution in [2.75, 3.05) is 0 Å². The number of nitrogens with two attached hydrogens (primary N) is 1. The molecule has 0 aliphatic carbocycles. The SMILES string of the molecule is CCCCCCCCCCCCCCCC(=O)N[C@@H](CCC(=O)Oc1c(F)c(F)c(F)c(F)c1F)C(N)=O. The Bertz CT molecular complexity index is 885. The number of hydrogen-bond acceptors (Lipinski definition) is 4. The van der Waals surface area contributed by atoms with Crippen LogP contribution in [0.4, 0.5) is 22.0 Å². The number of ether oxygens (including phenoxy) is 1. The zero-order chi connectivity index (χ0) is 28.5. The Hall–Kier alpha value is -2.72. The van der Waals surface area contributed by atoms with E-state index in [1.807, 2.05) is 0 Å². The quantitative estimate of drug-likeness (QED) is 0.0482. The second kappa shape index (κ2) is 18.5. The largest absolute Gasteiger partial charge is 0.420 e. The minimum Gasteiger partial charge on any atom is -0.420 e. The number of unbranched alkanes of at least 4 members (excludes halogenated alkanes) is 12. The normalized spacial score (nSPS) is 11.8. The van der Waals surface area contributed by atoms with E-state index >= 15 is 0 Å². The second-order valence-corrected chi connectivity index (χ2v) is 9.43. The Morgan fingerprint density at radius 1 is 0.684 bits per heavy atom. The summed E-state index contributed by atoms with van der Waals surface area (Å²) in [4.78, 5) is 35.6. The highest BCUT2D eigenvalue weighted by molar-refractivity contribution is 5.87. The molecule has 3 N–H and O–H groups in total. The van der Waals surface area contributed by atoms with Crippen LogP contribution in [0.5, 0.6) is 5.75 Å². The molecule has 0 fully saturated rings. The molecule has 1 atom stereocenters. The van der Waals surface area contributed by atoms with Crippen LogP contribution in [0.3, 0.4) is 0 Å². The number of carbonyl (C=O) groups is 3. The van der Waals surface area contributed by atoms with E-state index < -0.39 is 65.1 Å². The first-order valence-electron chi connectivity index (χ1n) is 13.4. The molecule has 1 aromatic carbocycles. The van der Waals surface area contributed by atoms with E-state index in [1.165, 1.54) is 51.4 Å². The van der Waals surface area contributed by atoms with Gasteiger partial charge in [0.2, 0.25) is 46.6 Å². The monoisotopic (exact) mass is 550 g/mol. The Kier molecular flexibility index (Phi) is 16.2. The van der Waals surface area contributed by atoms with Crippen molar-refractivity contribution in [1.82, 2.24) is 5.32 Å². The van der Waals surface area contributed by atoms with Crippen molar-refractivity contribution in [2.45, 2.75) is 116 Å². The third-order valence-corrected chi connectivity index (χ3v) is 6.21. The molecule has 0 saturated carbocycles. The van der Waals surface area contributed by atoms with Crippen molar-refractivity contribution in [1.29, 1.82) is 0 Å². The molecule has 2 amide bonds. The first-order valence-corrected chi connectivity index (χ1v) is 13.4. The van der Waals surface area contributed by atoms with Gasteiger partial charge in [-0.2, -0.15) is 8.78 Å². The summed E-state index contributed by atoms with van der Waals surface area (Å²) in [7, 11) is 0. The van der Waals surface area contributed by atoms with Crippen LogP contribution in [0, 0.1) is 29.1 Å². The van der Waals surface area contributed by atoms with E-state index in [0.29, 0.717) is 6.42 Å². The van der Waals surface area contributed by atoms with Gasteiger partial charge >= 0.3 is 5.97 Å². The lowest BCUT2D eigenvalue weighted by atomic mass is 10.0. The zero-order valence-electron chi connectivity index (χ0n) is 22.0. The molecule has 1 rings (SSSR count). The van der Waals surface area contributed by atoms with E-state index in [-0.39, 0.29) is 12.8 Å². The molecule has 0 aliphatic heterocycles. The van der Waals surface area contributed by atoms with Gasteiger partial charge in [0, 0.05) is 12.8 Å². The summed E-state index contributed by atoms with van der Waals surface area (Å²) in [6, 6.07) is -1.27. The number of amides is 2. The predicted octanol–water partition coefficient (Wildman–Crippen LogP) is 6.52. The highest BCUT2D eigenvalue weighted by atomic mass is 19.2. The molecule has 11 heteroatoms. The van der Waals surface area contributed by atoms with Crippen molar-refractivity contribution >= 4 is 17.8 Å². The van der Waals surface area contributed by atoms with Crippen molar-refractivity contribution in [2.24, 2.45) is 5.73 Å². The average molecular weight is 551 g/mol. The van der Waals surface area contributed by atoms with Gasteiger partial charge in [-0.3, -0.25) is 14.4 Å². The van der Waals surface area contributed by atoms with Crippen LogP contribution in [0.15, 0.2) is 0 Å². The summed E-state index contributed by atoms with van der Waals surface area (Å²) in [5, 5.41) is 2.39. The molecule has 0 aromatic heterocycles. The number of halogens is 5. The molecular formula is C27H39F5N2O4. The fourth-order valence-electron chi connectivity index (χ4n) is 3.96. The highest BCUT2D eigenvalue weighted by Gasteiger charge is 2.29. The standard InChI is InChI=1S/C27H39F5N2O4/c1-2-3-4-5-6-7-8-9-10-11-12-13-14-15-19(35)34-18(27(33)37)16-17-20(36)38-26-24(31)22(29)21(28)23(30)25(26)32/h18H,2-17H2,1H3,(H2,33,37)(H,34,35)/t18-/m0/s1. The van der Waals surface area contributed by atoms with Crippen molar-refractivity contribution in [3.63, 3.8) is 0 Å². The zero-order valence-corrected chi connectivity index (χ0v) is 22.0. The summed E-state index contributed by atoms with van der Waals surface area (Å²) in [5.74, 6) is -16.0. The topological polar surface area (TPSA) is 98.5 Å². The Balaban J connectivity index is 2.28. The van der Waals surface area contributed by atoms with E-state index in [4.69, 9.17) is 5.73 Å². The predicted molar refractivity (Wildman–Crippen MR) is 133 cm³/mol. The molecule has 0 heterocycles. The number of benzene rings is 1. The molecule has 0 radical (unpaired) electrons. The van der Waals surface area contributed by atoms with Crippen LogP contribution in [-0.4, -0.2) is 23.8 Å². The molecule has 1 aromatic rings. The van der Waals surface area contributed by atoms with Crippen LogP contribution in [0.1, 0.15) is 110 Å². The van der Waals surface area contributed by atoms with Crippen molar-refractivity contribution in [3.8, 4) is 5.75 Å². The van der Waals surface area contributed by atoms with E-state index in [0.717, 1.165) is 25.7 Å². The maximum atomic E-state index is 13.6. The first kappa shape index (κ1) is 33.3. The Morgan fingerprint density at radius 2 is 1.11 bits per heavy atom. The number of carbonyl (C=O) groups excluding carboxylic acids is 3. The molecule has 0 aliphatic rings. The number of rotatable bonds is 20. The van der Waals surface area contributed by atoms with Gasteiger partial charge in [0.15, 0.2) is 0 Å². The lowest BCUT2D eigenvalue weighted by molar-refractivity contribution is -0.135. The lowest BCUT2D eigenvalue weighted by Gasteiger charge is -2.15. The third-order valence-electron chi connectivity index (χ3n) is 6.21. The highest BCUT2D eigenvalue weighted by Crippen LogP contribution is 2.29.